The number of aliphatic hydroxyl groups excluding tert-OH is 1. The minimum absolute atomic E-state index is 0.0701. The highest BCUT2D eigenvalue weighted by molar-refractivity contribution is 6.05. The highest BCUT2D eigenvalue weighted by atomic mass is 19.4. The number of benzene rings is 3. The van der Waals surface area contributed by atoms with Crippen molar-refractivity contribution in [3.8, 4) is 0 Å². The highest BCUT2D eigenvalue weighted by Crippen LogP contribution is 2.41. The van der Waals surface area contributed by atoms with Gasteiger partial charge in [0.1, 0.15) is 0 Å². The molecule has 0 bridgehead atoms. The standard InChI is InChI=1S/C17H13F3O/c1-10-11-6-2-4-8-13(11)15(16(21)17(18,19)20)14-9-5-3-7-12(10)14/h2-9,16,21H,1H3. The van der Waals surface area contributed by atoms with Gasteiger partial charge >= 0.3 is 6.18 Å². The summed E-state index contributed by atoms with van der Waals surface area (Å²) in [5, 5.41) is 12.2. The summed E-state index contributed by atoms with van der Waals surface area (Å²) in [5.74, 6) is 0. The van der Waals surface area contributed by atoms with Crippen LogP contribution in [-0.2, 0) is 0 Å². The first-order valence-corrected chi connectivity index (χ1v) is 6.56. The van der Waals surface area contributed by atoms with Gasteiger partial charge in [-0.25, -0.2) is 0 Å². The van der Waals surface area contributed by atoms with Crippen molar-refractivity contribution in [2.24, 2.45) is 0 Å². The second-order valence-electron chi connectivity index (χ2n) is 5.07. The average molecular weight is 290 g/mol. The molecule has 0 heterocycles. The van der Waals surface area contributed by atoms with Gasteiger partial charge in [0.15, 0.2) is 6.10 Å². The van der Waals surface area contributed by atoms with Crippen LogP contribution in [0.4, 0.5) is 13.2 Å². The normalized spacial score (nSPS) is 13.8. The molecule has 0 spiro atoms. The van der Waals surface area contributed by atoms with Crippen LogP contribution in [0.5, 0.6) is 0 Å². The van der Waals surface area contributed by atoms with Crippen molar-refractivity contribution in [1.82, 2.24) is 0 Å². The van der Waals surface area contributed by atoms with E-state index >= 15 is 0 Å². The maximum absolute atomic E-state index is 13.0. The number of fused-ring (bicyclic) bond motifs is 2. The largest absolute Gasteiger partial charge is 0.418 e. The van der Waals surface area contributed by atoms with Gasteiger partial charge in [-0.2, -0.15) is 13.2 Å². The number of alkyl halides is 3. The average Bonchev–Trinajstić information content (AvgIpc) is 2.46. The number of aryl methyl sites for hydroxylation is 1. The van der Waals surface area contributed by atoms with E-state index < -0.39 is 12.3 Å². The molecule has 0 radical (unpaired) electrons. The lowest BCUT2D eigenvalue weighted by Gasteiger charge is -2.21. The monoisotopic (exact) mass is 290 g/mol. The van der Waals surface area contributed by atoms with Gasteiger partial charge in [-0.05, 0) is 34.0 Å². The summed E-state index contributed by atoms with van der Waals surface area (Å²) in [6.07, 6.45) is -7.19. The summed E-state index contributed by atoms with van der Waals surface area (Å²) in [6, 6.07) is 13.7. The summed E-state index contributed by atoms with van der Waals surface area (Å²) < 4.78 is 39.1. The van der Waals surface area contributed by atoms with E-state index in [2.05, 4.69) is 0 Å². The van der Waals surface area contributed by atoms with Crippen molar-refractivity contribution < 1.29 is 18.3 Å². The lowest BCUT2D eigenvalue weighted by atomic mass is 9.90. The second kappa shape index (κ2) is 4.74. The van der Waals surface area contributed by atoms with Gasteiger partial charge in [0.25, 0.3) is 0 Å². The molecule has 0 aliphatic carbocycles. The van der Waals surface area contributed by atoms with Crippen LogP contribution < -0.4 is 0 Å². The summed E-state index contributed by atoms with van der Waals surface area (Å²) in [5.41, 5.74) is 0.846. The predicted octanol–water partition coefficient (Wildman–Crippen LogP) is 4.90. The third kappa shape index (κ3) is 2.16. The smallest absolute Gasteiger partial charge is 0.379 e. The molecule has 0 aromatic heterocycles. The molecule has 3 rings (SSSR count). The molecule has 0 aliphatic rings. The molecule has 0 aliphatic heterocycles. The Kier molecular flexibility index (Phi) is 3.14. The Bertz CT molecular complexity index is 764. The van der Waals surface area contributed by atoms with E-state index in [1.165, 1.54) is 0 Å². The Morgan fingerprint density at radius 2 is 1.19 bits per heavy atom. The van der Waals surface area contributed by atoms with E-state index in [1.54, 1.807) is 48.5 Å². The van der Waals surface area contributed by atoms with E-state index in [9.17, 15) is 18.3 Å². The van der Waals surface area contributed by atoms with Gasteiger partial charge in [-0.3, -0.25) is 0 Å². The molecule has 3 aromatic carbocycles. The highest BCUT2D eigenvalue weighted by Gasteiger charge is 2.41. The van der Waals surface area contributed by atoms with Crippen molar-refractivity contribution in [2.45, 2.75) is 19.2 Å². The van der Waals surface area contributed by atoms with Gasteiger partial charge in [-0.15, -0.1) is 0 Å². The van der Waals surface area contributed by atoms with Crippen molar-refractivity contribution in [2.75, 3.05) is 0 Å². The van der Waals surface area contributed by atoms with Crippen molar-refractivity contribution in [1.29, 1.82) is 0 Å². The minimum atomic E-state index is -4.69. The SMILES string of the molecule is Cc1c2ccccc2c(C(O)C(F)(F)F)c2ccccc12. The Labute approximate surface area is 119 Å². The fourth-order valence-corrected chi connectivity index (χ4v) is 2.84. The first-order chi connectivity index (χ1) is 9.91. The molecule has 4 heteroatoms. The first-order valence-electron chi connectivity index (χ1n) is 6.56. The first kappa shape index (κ1) is 13.9. The maximum Gasteiger partial charge on any atom is 0.418 e. The van der Waals surface area contributed by atoms with Crippen molar-refractivity contribution in [3.63, 3.8) is 0 Å². The summed E-state index contributed by atoms with van der Waals surface area (Å²) in [6.45, 7) is 1.88. The molecule has 1 N–H and O–H groups in total. The molecule has 0 saturated heterocycles. The van der Waals surface area contributed by atoms with E-state index in [4.69, 9.17) is 0 Å². The third-order valence-electron chi connectivity index (χ3n) is 3.83. The Morgan fingerprint density at radius 1 is 0.810 bits per heavy atom. The van der Waals surface area contributed by atoms with Crippen LogP contribution in [0.25, 0.3) is 21.5 Å². The second-order valence-corrected chi connectivity index (χ2v) is 5.07. The van der Waals surface area contributed by atoms with Gasteiger partial charge < -0.3 is 5.11 Å². The molecule has 0 amide bonds. The zero-order valence-corrected chi connectivity index (χ0v) is 11.3. The van der Waals surface area contributed by atoms with Crippen LogP contribution in [0.3, 0.4) is 0 Å². The van der Waals surface area contributed by atoms with Crippen LogP contribution in [-0.4, -0.2) is 11.3 Å². The van der Waals surface area contributed by atoms with Crippen molar-refractivity contribution in [3.05, 3.63) is 59.7 Å². The van der Waals surface area contributed by atoms with E-state index in [0.717, 1.165) is 16.3 Å². The lowest BCUT2D eigenvalue weighted by Crippen LogP contribution is -2.21. The fraction of sp³-hybridized carbons (Fsp3) is 0.176. The third-order valence-corrected chi connectivity index (χ3v) is 3.83. The van der Waals surface area contributed by atoms with E-state index in [1.807, 2.05) is 6.92 Å². The fourth-order valence-electron chi connectivity index (χ4n) is 2.84. The molecule has 1 atom stereocenters. The maximum atomic E-state index is 13.0. The van der Waals surface area contributed by atoms with Crippen LogP contribution in [0.15, 0.2) is 48.5 Å². The topological polar surface area (TPSA) is 20.2 Å². The molecule has 0 saturated carbocycles. The Balaban J connectivity index is 2.52. The molecule has 0 fully saturated rings. The van der Waals surface area contributed by atoms with Gasteiger partial charge in [-0.1, -0.05) is 48.5 Å². The summed E-state index contributed by atoms with van der Waals surface area (Å²) in [7, 11) is 0. The number of hydrogen-bond acceptors (Lipinski definition) is 1. The van der Waals surface area contributed by atoms with Gasteiger partial charge in [0, 0.05) is 5.56 Å². The predicted molar refractivity (Wildman–Crippen MR) is 77.2 cm³/mol. The van der Waals surface area contributed by atoms with E-state index in [-0.39, 0.29) is 5.56 Å². The summed E-state index contributed by atoms with van der Waals surface area (Å²) >= 11 is 0. The Hall–Kier alpha value is -2.07. The van der Waals surface area contributed by atoms with Crippen LogP contribution in [0.2, 0.25) is 0 Å². The minimum Gasteiger partial charge on any atom is -0.379 e. The van der Waals surface area contributed by atoms with Gasteiger partial charge in [0.2, 0.25) is 0 Å². The lowest BCUT2D eigenvalue weighted by molar-refractivity contribution is -0.206. The van der Waals surface area contributed by atoms with Crippen LogP contribution >= 0.6 is 0 Å². The molecular weight excluding hydrogens is 277 g/mol. The quantitative estimate of drug-likeness (QED) is 0.632. The molecule has 1 nitrogen and oxygen atoms in total. The zero-order chi connectivity index (χ0) is 15.2. The van der Waals surface area contributed by atoms with Gasteiger partial charge in [0.05, 0.1) is 0 Å². The Morgan fingerprint density at radius 3 is 1.57 bits per heavy atom. The molecule has 3 aromatic rings. The number of hydrogen-bond donors (Lipinski definition) is 1. The zero-order valence-electron chi connectivity index (χ0n) is 11.3. The molecular formula is C17H13F3O. The number of rotatable bonds is 1. The number of halogens is 3. The summed E-state index contributed by atoms with van der Waals surface area (Å²) in [4.78, 5) is 0. The number of aliphatic hydroxyl groups is 1. The van der Waals surface area contributed by atoms with Crippen LogP contribution in [0, 0.1) is 6.92 Å². The molecule has 21 heavy (non-hydrogen) atoms. The molecule has 108 valence electrons. The van der Waals surface area contributed by atoms with Crippen LogP contribution in [0.1, 0.15) is 17.2 Å². The molecule has 1 unspecified atom stereocenters. The van der Waals surface area contributed by atoms with E-state index in [0.29, 0.717) is 10.8 Å². The van der Waals surface area contributed by atoms with Crippen molar-refractivity contribution >= 4 is 21.5 Å².